The van der Waals surface area contributed by atoms with E-state index in [-0.39, 0.29) is 29.2 Å². The van der Waals surface area contributed by atoms with Crippen LogP contribution < -0.4 is 5.32 Å². The van der Waals surface area contributed by atoms with Gasteiger partial charge in [0, 0.05) is 71.5 Å². The fourth-order valence-electron chi connectivity index (χ4n) is 5.29. The molecule has 4 aromatic rings. The third-order valence-corrected chi connectivity index (χ3v) is 6.98. The quantitative estimate of drug-likeness (QED) is 0.253. The summed E-state index contributed by atoms with van der Waals surface area (Å²) in [6.07, 6.45) is 2.70. The van der Waals surface area contributed by atoms with Crippen LogP contribution in [0.1, 0.15) is 11.1 Å². The number of fused-ring (bicyclic) bond motifs is 2. The summed E-state index contributed by atoms with van der Waals surface area (Å²) >= 11 is 0. The van der Waals surface area contributed by atoms with Crippen LogP contribution in [0.4, 0.5) is 0 Å². The highest BCUT2D eigenvalue weighted by Gasteiger charge is 2.35. The van der Waals surface area contributed by atoms with Gasteiger partial charge in [-0.15, -0.1) is 0 Å². The first-order chi connectivity index (χ1) is 17.9. The molecule has 2 aliphatic rings. The summed E-state index contributed by atoms with van der Waals surface area (Å²) < 4.78 is 7.23. The molecule has 37 heavy (non-hydrogen) atoms. The van der Waals surface area contributed by atoms with E-state index < -0.39 is 17.9 Å². The van der Waals surface area contributed by atoms with Gasteiger partial charge >= 0.3 is 0 Å². The SMILES string of the molecule is O=C1NC(=O)C(c2cn(CC(O)CN3CCOCC3)c3ccc(O)cc23)=C1c1c[nH]c2ccc(O)cc12. The van der Waals surface area contributed by atoms with Crippen LogP contribution >= 0.6 is 0 Å². The fraction of sp³-hybridized carbons (Fsp3) is 0.259. The number of phenols is 2. The van der Waals surface area contributed by atoms with E-state index in [4.69, 9.17) is 4.74 Å². The highest BCUT2D eigenvalue weighted by atomic mass is 16.5. The van der Waals surface area contributed by atoms with Crippen LogP contribution in [0, 0.1) is 0 Å². The number of aromatic amines is 1. The average molecular weight is 503 g/mol. The van der Waals surface area contributed by atoms with Crippen molar-refractivity contribution in [1.82, 2.24) is 19.8 Å². The first-order valence-corrected chi connectivity index (χ1v) is 12.1. The molecule has 10 nitrogen and oxygen atoms in total. The van der Waals surface area contributed by atoms with Gasteiger partial charge in [0.2, 0.25) is 0 Å². The van der Waals surface area contributed by atoms with Crippen molar-refractivity contribution in [2.24, 2.45) is 0 Å². The zero-order valence-electron chi connectivity index (χ0n) is 19.9. The number of morpholine rings is 1. The van der Waals surface area contributed by atoms with E-state index >= 15 is 0 Å². The van der Waals surface area contributed by atoms with Crippen molar-refractivity contribution in [3.63, 3.8) is 0 Å². The molecule has 0 saturated carbocycles. The number of carbonyl (C=O) groups is 2. The summed E-state index contributed by atoms with van der Waals surface area (Å²) in [5.41, 5.74) is 2.72. The Balaban J connectivity index is 1.47. The second-order valence-electron chi connectivity index (χ2n) is 9.43. The fourth-order valence-corrected chi connectivity index (χ4v) is 5.29. The number of amides is 2. The molecule has 2 aromatic carbocycles. The number of H-pyrrole nitrogens is 1. The van der Waals surface area contributed by atoms with E-state index in [9.17, 15) is 24.9 Å². The van der Waals surface area contributed by atoms with Crippen LogP contribution in [0.2, 0.25) is 0 Å². The third kappa shape index (κ3) is 4.14. The number of rotatable bonds is 6. The number of hydrogen-bond donors (Lipinski definition) is 5. The van der Waals surface area contributed by atoms with Crippen LogP contribution in [0.3, 0.4) is 0 Å². The van der Waals surface area contributed by atoms with Crippen molar-refractivity contribution in [2.75, 3.05) is 32.8 Å². The molecule has 0 spiro atoms. The number of aliphatic hydroxyl groups is 1. The number of aromatic nitrogens is 2. The van der Waals surface area contributed by atoms with Crippen molar-refractivity contribution < 1.29 is 29.6 Å². The van der Waals surface area contributed by atoms with Gasteiger partial charge in [-0.25, -0.2) is 0 Å². The Kier molecular flexibility index (Phi) is 5.71. The Hall–Kier alpha value is -4.12. The second kappa shape index (κ2) is 9.07. The van der Waals surface area contributed by atoms with Gasteiger partial charge in [-0.3, -0.25) is 19.8 Å². The smallest absolute Gasteiger partial charge is 0.259 e. The number of β-amino-alcohol motifs (C(OH)–C–C–N with tert-alkyl or cyclic N) is 1. The second-order valence-corrected chi connectivity index (χ2v) is 9.43. The highest BCUT2D eigenvalue weighted by molar-refractivity contribution is 6.50. The van der Waals surface area contributed by atoms with Gasteiger partial charge < -0.3 is 29.6 Å². The van der Waals surface area contributed by atoms with Gasteiger partial charge in [-0.1, -0.05) is 0 Å². The third-order valence-electron chi connectivity index (χ3n) is 6.98. The van der Waals surface area contributed by atoms with Gasteiger partial charge in [0.15, 0.2) is 0 Å². The molecular weight excluding hydrogens is 476 g/mol. The van der Waals surface area contributed by atoms with Crippen molar-refractivity contribution in [3.05, 3.63) is 59.9 Å². The van der Waals surface area contributed by atoms with E-state index in [0.29, 0.717) is 52.7 Å². The predicted molar refractivity (Wildman–Crippen MR) is 137 cm³/mol. The minimum atomic E-state index is -0.681. The molecule has 2 aromatic heterocycles. The zero-order valence-corrected chi connectivity index (χ0v) is 19.9. The topological polar surface area (TPSA) is 140 Å². The molecule has 190 valence electrons. The van der Waals surface area contributed by atoms with Gasteiger partial charge in [0.05, 0.1) is 30.5 Å². The zero-order chi connectivity index (χ0) is 25.7. The van der Waals surface area contributed by atoms with Crippen LogP contribution in [-0.4, -0.2) is 80.5 Å². The number of nitrogens with zero attached hydrogens (tertiary/aromatic N) is 2. The molecule has 6 rings (SSSR count). The molecule has 1 atom stereocenters. The maximum Gasteiger partial charge on any atom is 0.259 e. The lowest BCUT2D eigenvalue weighted by molar-refractivity contribution is -0.122. The van der Waals surface area contributed by atoms with E-state index in [2.05, 4.69) is 15.2 Å². The number of imide groups is 1. The normalized spacial score (nSPS) is 17.8. The molecule has 5 N–H and O–H groups in total. The van der Waals surface area contributed by atoms with Crippen LogP contribution in [0.5, 0.6) is 11.5 Å². The number of aromatic hydroxyl groups is 2. The largest absolute Gasteiger partial charge is 0.508 e. The molecule has 1 fully saturated rings. The van der Waals surface area contributed by atoms with Gasteiger partial charge in [0.25, 0.3) is 11.8 Å². The lowest BCUT2D eigenvalue weighted by Crippen LogP contribution is -2.41. The number of benzene rings is 2. The molecular formula is C27H26N4O6. The monoisotopic (exact) mass is 502 g/mol. The van der Waals surface area contributed by atoms with E-state index in [1.165, 1.54) is 6.07 Å². The molecule has 1 unspecified atom stereocenters. The van der Waals surface area contributed by atoms with Crippen LogP contribution in [0.25, 0.3) is 33.0 Å². The van der Waals surface area contributed by atoms with Crippen molar-refractivity contribution >= 4 is 44.8 Å². The van der Waals surface area contributed by atoms with Crippen LogP contribution in [-0.2, 0) is 20.9 Å². The molecule has 10 heteroatoms. The first-order valence-electron chi connectivity index (χ1n) is 12.1. The number of aliphatic hydroxyl groups excluding tert-OH is 1. The van der Waals surface area contributed by atoms with Crippen LogP contribution in [0.15, 0.2) is 48.8 Å². The van der Waals surface area contributed by atoms with E-state index in [1.807, 2.05) is 4.57 Å². The number of phenolic OH excluding ortho intramolecular Hbond substituents is 2. The predicted octanol–water partition coefficient (Wildman–Crippen LogP) is 1.79. The van der Waals surface area contributed by atoms with Crippen molar-refractivity contribution in [2.45, 2.75) is 12.6 Å². The molecule has 2 amide bonds. The Bertz CT molecular complexity index is 1580. The number of ether oxygens (including phenoxy) is 1. The summed E-state index contributed by atoms with van der Waals surface area (Å²) in [6, 6.07) is 9.61. The molecule has 0 bridgehead atoms. The summed E-state index contributed by atoms with van der Waals surface area (Å²) in [4.78, 5) is 31.4. The molecule has 4 heterocycles. The summed E-state index contributed by atoms with van der Waals surface area (Å²) in [6.45, 7) is 3.51. The van der Waals surface area contributed by atoms with Crippen molar-refractivity contribution in [3.8, 4) is 11.5 Å². The Morgan fingerprint density at radius 1 is 0.892 bits per heavy atom. The maximum atomic E-state index is 13.1. The number of nitrogens with one attached hydrogen (secondary N) is 2. The van der Waals surface area contributed by atoms with Crippen molar-refractivity contribution in [1.29, 1.82) is 0 Å². The standard InChI is InChI=1S/C27H26N4O6/c32-15-1-3-22-18(9-15)20(11-28-22)24-25(27(36)29-26(24)35)21-14-31(23-4-2-16(33)10-19(21)23)13-17(34)12-30-5-7-37-8-6-30/h1-4,9-11,14,17,28,32-34H,5-8,12-13H2,(H,29,35,36). The minimum absolute atomic E-state index is 0.0178. The van der Waals surface area contributed by atoms with Gasteiger partial charge in [-0.05, 0) is 36.4 Å². The minimum Gasteiger partial charge on any atom is -0.508 e. The summed E-state index contributed by atoms with van der Waals surface area (Å²) in [5, 5.41) is 34.7. The molecule has 2 aliphatic heterocycles. The Labute approximate surface area is 211 Å². The molecule has 0 aliphatic carbocycles. The Morgan fingerprint density at radius 3 is 2.32 bits per heavy atom. The lowest BCUT2D eigenvalue weighted by atomic mass is 9.95. The Morgan fingerprint density at radius 2 is 1.57 bits per heavy atom. The average Bonchev–Trinajstić information content (AvgIpc) is 3.51. The van der Waals surface area contributed by atoms with E-state index in [0.717, 1.165) is 13.1 Å². The van der Waals surface area contributed by atoms with Gasteiger partial charge in [0.1, 0.15) is 11.5 Å². The maximum absolute atomic E-state index is 13.1. The molecule has 1 saturated heterocycles. The van der Waals surface area contributed by atoms with E-state index in [1.54, 1.807) is 42.7 Å². The van der Waals surface area contributed by atoms with Gasteiger partial charge in [-0.2, -0.15) is 0 Å². The highest BCUT2D eigenvalue weighted by Crippen LogP contribution is 2.39. The lowest BCUT2D eigenvalue weighted by Gasteiger charge is -2.28. The summed E-state index contributed by atoms with van der Waals surface area (Å²) in [7, 11) is 0. The molecule has 0 radical (unpaired) electrons. The first kappa shape index (κ1) is 23.3. The summed E-state index contributed by atoms with van der Waals surface area (Å²) in [5.74, 6) is -1.04. The number of hydrogen-bond acceptors (Lipinski definition) is 7. The number of carbonyl (C=O) groups excluding carboxylic acids is 2.